The van der Waals surface area contributed by atoms with Gasteiger partial charge in [-0.2, -0.15) is 0 Å². The zero-order valence-electron chi connectivity index (χ0n) is 29.7. The van der Waals surface area contributed by atoms with Crippen molar-refractivity contribution in [2.24, 2.45) is 0 Å². The lowest BCUT2D eigenvalue weighted by Crippen LogP contribution is -2.30. The fraction of sp³-hybridized carbons (Fsp3) is 0.116. The van der Waals surface area contributed by atoms with E-state index in [2.05, 4.69) is 20.9 Å². The molecule has 0 bridgehead atoms. The largest absolute Gasteiger partial charge is 0.497 e. The zero-order valence-corrected chi connectivity index (χ0v) is 31.3. The van der Waals surface area contributed by atoms with Crippen LogP contribution in [-0.4, -0.2) is 35.1 Å². The van der Waals surface area contributed by atoms with Crippen LogP contribution in [-0.2, 0) is 16.2 Å². The van der Waals surface area contributed by atoms with Crippen LogP contribution in [0.25, 0.3) is 17.3 Å². The van der Waals surface area contributed by atoms with E-state index in [0.29, 0.717) is 40.7 Å². The summed E-state index contributed by atoms with van der Waals surface area (Å²) in [5, 5.41) is 10.6. The third-order valence-corrected chi connectivity index (χ3v) is 10.2. The quantitative estimate of drug-likeness (QED) is 0.0707. The minimum absolute atomic E-state index is 0.0578. The minimum atomic E-state index is -0.508. The van der Waals surface area contributed by atoms with Gasteiger partial charge < -0.3 is 25.4 Å². The summed E-state index contributed by atoms with van der Waals surface area (Å²) < 4.78 is 11.2. The number of carbonyl (C=O) groups excluding carboxylic acids is 3. The molecule has 0 aliphatic carbocycles. The number of nitrogens with zero attached hydrogens (tertiary/aromatic N) is 1. The van der Waals surface area contributed by atoms with Crippen LogP contribution in [0, 0.1) is 0 Å². The number of ether oxygens (including phenoxy) is 2. The van der Waals surface area contributed by atoms with Gasteiger partial charge in [-0.3, -0.25) is 14.4 Å². The molecule has 1 unspecified atom stereocenters. The van der Waals surface area contributed by atoms with Crippen molar-refractivity contribution in [1.82, 2.24) is 10.3 Å². The van der Waals surface area contributed by atoms with Crippen molar-refractivity contribution in [3.05, 3.63) is 161 Å². The van der Waals surface area contributed by atoms with E-state index >= 15 is 0 Å². The highest BCUT2D eigenvalue weighted by Gasteiger charge is 2.21. The molecule has 6 aromatic rings. The molecule has 0 fully saturated rings. The van der Waals surface area contributed by atoms with Gasteiger partial charge in [-0.1, -0.05) is 85.8 Å². The Hall–Kier alpha value is -6.17. The first-order valence-corrected chi connectivity index (χ1v) is 19.0. The van der Waals surface area contributed by atoms with E-state index in [9.17, 15) is 14.4 Å². The van der Waals surface area contributed by atoms with Crippen molar-refractivity contribution in [2.45, 2.75) is 30.1 Å². The molecule has 1 aromatic heterocycles. The van der Waals surface area contributed by atoms with Crippen LogP contribution >= 0.6 is 23.1 Å². The second-order valence-corrected chi connectivity index (χ2v) is 14.1. The first kappa shape index (κ1) is 37.6. The molecule has 3 N–H and O–H groups in total. The highest BCUT2D eigenvalue weighted by atomic mass is 32.2. The third kappa shape index (κ3) is 10.5. The molecule has 0 aliphatic heterocycles. The topological polar surface area (TPSA) is 119 Å². The average Bonchev–Trinajstić information content (AvgIpc) is 3.68. The summed E-state index contributed by atoms with van der Waals surface area (Å²) in [7, 11) is 1.62. The van der Waals surface area contributed by atoms with Crippen molar-refractivity contribution in [2.75, 3.05) is 17.7 Å². The molecule has 9 nitrogen and oxygen atoms in total. The van der Waals surface area contributed by atoms with Crippen molar-refractivity contribution in [1.29, 1.82) is 0 Å². The molecule has 1 atom stereocenters. The summed E-state index contributed by atoms with van der Waals surface area (Å²) in [5.74, 6) is 0.303. The highest BCUT2D eigenvalue weighted by molar-refractivity contribution is 8.00. The number of nitrogens with one attached hydrogen (secondary N) is 3. The van der Waals surface area contributed by atoms with Crippen LogP contribution in [0.5, 0.6) is 11.5 Å². The molecule has 6 rings (SSSR count). The number of thioether (sulfide) groups is 1. The predicted molar refractivity (Wildman–Crippen MR) is 217 cm³/mol. The number of amides is 3. The number of anilines is 2. The van der Waals surface area contributed by atoms with E-state index in [-0.39, 0.29) is 11.6 Å². The van der Waals surface area contributed by atoms with Crippen LogP contribution in [0.3, 0.4) is 0 Å². The molecule has 11 heteroatoms. The first-order chi connectivity index (χ1) is 26.4. The third-order valence-electron chi connectivity index (χ3n) is 8.10. The van der Waals surface area contributed by atoms with E-state index in [1.165, 1.54) is 23.1 Å². The Bertz CT molecular complexity index is 2220. The van der Waals surface area contributed by atoms with Crippen LogP contribution in [0.15, 0.2) is 149 Å². The van der Waals surface area contributed by atoms with E-state index in [4.69, 9.17) is 9.47 Å². The fourth-order valence-electron chi connectivity index (χ4n) is 5.27. The normalized spacial score (nSPS) is 11.6. The molecule has 1 heterocycles. The van der Waals surface area contributed by atoms with Gasteiger partial charge in [0.2, 0.25) is 5.91 Å². The van der Waals surface area contributed by atoms with Crippen molar-refractivity contribution >= 4 is 57.7 Å². The molecule has 272 valence electrons. The Morgan fingerprint density at radius 2 is 1.56 bits per heavy atom. The Kier molecular flexibility index (Phi) is 12.9. The Morgan fingerprint density at radius 3 is 2.30 bits per heavy atom. The van der Waals surface area contributed by atoms with Gasteiger partial charge in [0.25, 0.3) is 11.8 Å². The monoisotopic (exact) mass is 754 g/mol. The Balaban J connectivity index is 1.13. The average molecular weight is 755 g/mol. The number of thiazole rings is 1. The molecular weight excluding hydrogens is 717 g/mol. The molecular formula is C43H38N4O5S2. The minimum Gasteiger partial charge on any atom is -0.497 e. The standard InChI is InChI=1S/C43H38N4O5S2/c1-3-39(42(50)47-43-46-38(28-53-43)32-16-10-18-35(25-32)51-2)54-36-19-11-17-33(26-36)44-41(49)37(45-40(48)31-14-8-5-9-15-31)24-29-20-22-34(23-21-29)52-27-30-12-6-4-7-13-30/h4-26,28,39H,3,27H2,1-2H3,(H,44,49)(H,45,48)(H,46,47,50)/b37-24-. The van der Waals surface area contributed by atoms with E-state index in [0.717, 1.165) is 27.5 Å². The van der Waals surface area contributed by atoms with E-state index in [1.807, 2.05) is 109 Å². The molecule has 0 radical (unpaired) electrons. The number of rotatable bonds is 15. The number of methoxy groups -OCH3 is 1. The van der Waals surface area contributed by atoms with E-state index in [1.54, 1.807) is 49.6 Å². The zero-order chi connectivity index (χ0) is 37.7. The molecule has 0 aliphatic rings. The number of hydrogen-bond donors (Lipinski definition) is 3. The Morgan fingerprint density at radius 1 is 0.815 bits per heavy atom. The van der Waals surface area contributed by atoms with Crippen molar-refractivity contribution in [3.8, 4) is 22.8 Å². The summed E-state index contributed by atoms with van der Waals surface area (Å²) in [6.45, 7) is 2.37. The van der Waals surface area contributed by atoms with Crippen LogP contribution in [0.4, 0.5) is 10.8 Å². The van der Waals surface area contributed by atoms with Gasteiger partial charge >= 0.3 is 0 Å². The van der Waals surface area contributed by atoms with Crippen LogP contribution < -0.4 is 25.4 Å². The Labute approximate surface area is 322 Å². The van der Waals surface area contributed by atoms with Gasteiger partial charge in [0.15, 0.2) is 5.13 Å². The SMILES string of the molecule is CCC(Sc1cccc(NC(=O)/C(=C/c2ccc(OCc3ccccc3)cc2)NC(=O)c2ccccc2)c1)C(=O)Nc1nc(-c2cccc(OC)c2)cs1. The van der Waals surface area contributed by atoms with Crippen LogP contribution in [0.2, 0.25) is 0 Å². The highest BCUT2D eigenvalue weighted by Crippen LogP contribution is 2.31. The molecule has 0 spiro atoms. The number of aromatic nitrogens is 1. The second kappa shape index (κ2) is 18.5. The lowest BCUT2D eigenvalue weighted by atomic mass is 10.1. The summed E-state index contributed by atoms with van der Waals surface area (Å²) >= 11 is 2.74. The van der Waals surface area contributed by atoms with Gasteiger partial charge in [0, 0.05) is 27.1 Å². The number of benzene rings is 5. The predicted octanol–water partition coefficient (Wildman–Crippen LogP) is 9.32. The van der Waals surface area contributed by atoms with E-state index < -0.39 is 17.1 Å². The molecule has 5 aromatic carbocycles. The van der Waals surface area contributed by atoms with Crippen molar-refractivity contribution < 1.29 is 23.9 Å². The molecule has 54 heavy (non-hydrogen) atoms. The lowest BCUT2D eigenvalue weighted by Gasteiger charge is -2.15. The van der Waals surface area contributed by atoms with Crippen LogP contribution in [0.1, 0.15) is 34.8 Å². The van der Waals surface area contributed by atoms with Gasteiger partial charge in [0.1, 0.15) is 23.8 Å². The summed E-state index contributed by atoms with van der Waals surface area (Å²) in [6, 6.07) is 40.7. The van der Waals surface area contributed by atoms with Gasteiger partial charge in [-0.25, -0.2) is 4.98 Å². The van der Waals surface area contributed by atoms with Gasteiger partial charge in [-0.15, -0.1) is 23.1 Å². The summed E-state index contributed by atoms with van der Waals surface area (Å²) in [6.07, 6.45) is 2.18. The maximum absolute atomic E-state index is 13.7. The molecule has 0 saturated heterocycles. The number of carbonyl (C=O) groups is 3. The lowest BCUT2D eigenvalue weighted by molar-refractivity contribution is -0.116. The van der Waals surface area contributed by atoms with Gasteiger partial charge in [-0.05, 0) is 78.2 Å². The first-order valence-electron chi connectivity index (χ1n) is 17.2. The number of hydrogen-bond acceptors (Lipinski definition) is 8. The maximum Gasteiger partial charge on any atom is 0.272 e. The van der Waals surface area contributed by atoms with Gasteiger partial charge in [0.05, 0.1) is 18.1 Å². The molecule has 3 amide bonds. The van der Waals surface area contributed by atoms with Crippen molar-refractivity contribution in [3.63, 3.8) is 0 Å². The second-order valence-electron chi connectivity index (χ2n) is 12.0. The smallest absolute Gasteiger partial charge is 0.272 e. The summed E-state index contributed by atoms with van der Waals surface area (Å²) in [4.78, 5) is 45.7. The molecule has 0 saturated carbocycles. The fourth-order valence-corrected chi connectivity index (χ4v) is 7.01. The maximum atomic E-state index is 13.7. The summed E-state index contributed by atoms with van der Waals surface area (Å²) in [5.41, 5.74) is 4.36.